The van der Waals surface area contributed by atoms with Gasteiger partial charge in [-0.05, 0) is 242 Å². The van der Waals surface area contributed by atoms with Gasteiger partial charge in [-0.15, -0.1) is 6.58 Å². The van der Waals surface area contributed by atoms with Gasteiger partial charge in [0.2, 0.25) is 0 Å². The molecule has 10 heteroatoms. The summed E-state index contributed by atoms with van der Waals surface area (Å²) in [6.07, 6.45) is 16.5. The molecule has 5 unspecified atom stereocenters. The minimum atomic E-state index is -0.861. The molecular formula is C80H120O10. The van der Waals surface area contributed by atoms with Crippen LogP contribution in [0, 0.1) is 51.2 Å². The number of para-hydroxylation sites is 2. The Hall–Kier alpha value is -5.00. The average Bonchev–Trinajstić information content (AvgIpc) is 0.786. The van der Waals surface area contributed by atoms with Gasteiger partial charge in [-0.2, -0.15) is 0 Å². The summed E-state index contributed by atoms with van der Waals surface area (Å²) < 4.78 is 52.1. The lowest BCUT2D eigenvalue weighted by molar-refractivity contribution is -0.141. The predicted octanol–water partition coefficient (Wildman–Crippen LogP) is 20.0. The molecule has 0 amide bonds. The third-order valence-corrected chi connectivity index (χ3v) is 21.5. The minimum absolute atomic E-state index is 0.136. The van der Waals surface area contributed by atoms with E-state index in [4.69, 9.17) is 37.9 Å². The van der Waals surface area contributed by atoms with E-state index in [-0.39, 0.29) is 56.6 Å². The summed E-state index contributed by atoms with van der Waals surface area (Å²) in [6, 6.07) is 37.8. The Bertz CT molecular complexity index is 2790. The number of rotatable bonds is 38. The first kappa shape index (κ1) is 74.0. The van der Waals surface area contributed by atoms with Crippen LogP contribution in [0.3, 0.4) is 0 Å². The third-order valence-electron chi connectivity index (χ3n) is 21.5. The molecule has 4 aromatic carbocycles. The average molecular weight is 1240 g/mol. The van der Waals surface area contributed by atoms with Crippen LogP contribution in [-0.4, -0.2) is 85.2 Å². The molecule has 2 fully saturated rings. The first-order valence-electron chi connectivity index (χ1n) is 34.1. The highest BCUT2D eigenvalue weighted by Gasteiger charge is 2.51. The van der Waals surface area contributed by atoms with Crippen LogP contribution in [0.2, 0.25) is 0 Å². The molecule has 0 radical (unpaired) electrons. The van der Waals surface area contributed by atoms with Gasteiger partial charge in [-0.3, -0.25) is 0 Å². The maximum Gasteiger partial charge on any atom is 0.338 e. The van der Waals surface area contributed by atoms with Gasteiger partial charge in [-0.1, -0.05) is 133 Å². The molecule has 0 bridgehead atoms. The summed E-state index contributed by atoms with van der Waals surface area (Å²) in [5.41, 5.74) is -1.85. The van der Waals surface area contributed by atoms with Crippen molar-refractivity contribution in [3.8, 4) is 11.5 Å². The van der Waals surface area contributed by atoms with E-state index in [9.17, 15) is 9.59 Å². The Morgan fingerprint density at radius 2 is 0.856 bits per heavy atom. The fraction of sp³-hybridized carbons (Fsp3) is 0.650. The molecule has 10 nitrogen and oxygen atoms in total. The number of benzene rings is 4. The van der Waals surface area contributed by atoms with E-state index in [1.807, 2.05) is 125 Å². The second kappa shape index (κ2) is 31.3. The third kappa shape index (κ3) is 21.8. The highest BCUT2D eigenvalue weighted by molar-refractivity contribution is 5.90. The molecule has 2 saturated carbocycles. The van der Waals surface area contributed by atoms with E-state index in [0.717, 1.165) is 82.0 Å². The highest BCUT2D eigenvalue weighted by Crippen LogP contribution is 2.59. The molecule has 0 saturated heterocycles. The largest absolute Gasteiger partial charge is 0.493 e. The summed E-state index contributed by atoms with van der Waals surface area (Å²) in [5, 5.41) is 0. The number of carbonyl (C=O) groups is 2. The van der Waals surface area contributed by atoms with Crippen LogP contribution in [-0.2, 0) is 28.4 Å². The molecular weight excluding hydrogens is 1120 g/mol. The maximum absolute atomic E-state index is 13.3. The van der Waals surface area contributed by atoms with Crippen LogP contribution in [0.5, 0.6) is 11.5 Å². The van der Waals surface area contributed by atoms with Crippen molar-refractivity contribution in [3.63, 3.8) is 0 Å². The summed E-state index contributed by atoms with van der Waals surface area (Å²) in [4.78, 5) is 26.6. The van der Waals surface area contributed by atoms with E-state index in [2.05, 4.69) is 110 Å². The second-order valence-corrected chi connectivity index (χ2v) is 32.4. The van der Waals surface area contributed by atoms with Gasteiger partial charge >= 0.3 is 11.9 Å². The van der Waals surface area contributed by atoms with Gasteiger partial charge in [0, 0.05) is 13.2 Å². The van der Waals surface area contributed by atoms with Crippen molar-refractivity contribution in [2.75, 3.05) is 39.6 Å². The molecule has 500 valence electrons. The van der Waals surface area contributed by atoms with E-state index in [0.29, 0.717) is 49.4 Å². The molecule has 2 aliphatic rings. The SMILES string of the molecule is C=CC1CC(C)(CC(C)(C)OCCCCC(C)(C)C(C)(C)OCC(COc2ccccc2)C(C)(C)OC(=O)c2ccccc2)CCC1C1CC(C)(CC(C)(C)OCCCCC(C)(C)C(C)(C)OCC(COc2ccccc2)C(C)(C)OC(=O)c2ccccc2)C1. The Labute approximate surface area is 546 Å². The predicted molar refractivity (Wildman–Crippen MR) is 367 cm³/mol. The van der Waals surface area contributed by atoms with Crippen LogP contribution < -0.4 is 9.47 Å². The van der Waals surface area contributed by atoms with Crippen molar-refractivity contribution in [1.29, 1.82) is 0 Å². The monoisotopic (exact) mass is 1240 g/mol. The van der Waals surface area contributed by atoms with Crippen molar-refractivity contribution >= 4 is 11.9 Å². The molecule has 6 rings (SSSR count). The molecule has 0 heterocycles. The van der Waals surface area contributed by atoms with Gasteiger partial charge < -0.3 is 37.9 Å². The first-order valence-corrected chi connectivity index (χ1v) is 34.1. The van der Waals surface area contributed by atoms with Crippen LogP contribution in [0.4, 0.5) is 0 Å². The van der Waals surface area contributed by atoms with Crippen molar-refractivity contribution in [1.82, 2.24) is 0 Å². The highest BCUT2D eigenvalue weighted by atomic mass is 16.6. The number of allylic oxidation sites excluding steroid dienone is 1. The lowest BCUT2D eigenvalue weighted by atomic mass is 9.51. The summed E-state index contributed by atoms with van der Waals surface area (Å²) >= 11 is 0. The number of esters is 2. The number of unbranched alkanes of at least 4 members (excludes halogenated alkanes) is 2. The molecule has 5 atom stereocenters. The number of ether oxygens (including phenoxy) is 8. The van der Waals surface area contributed by atoms with Crippen LogP contribution in [0.1, 0.15) is 229 Å². The van der Waals surface area contributed by atoms with Crippen molar-refractivity contribution in [3.05, 3.63) is 145 Å². The van der Waals surface area contributed by atoms with Gasteiger partial charge in [0.25, 0.3) is 0 Å². The molecule has 4 aromatic rings. The normalized spacial score (nSPS) is 21.2. The molecule has 2 aliphatic carbocycles. The van der Waals surface area contributed by atoms with Crippen molar-refractivity contribution in [2.45, 2.75) is 242 Å². The Kier molecular flexibility index (Phi) is 25.7. The summed E-state index contributed by atoms with van der Waals surface area (Å²) in [5.74, 6) is 2.28. The Morgan fingerprint density at radius 1 is 0.489 bits per heavy atom. The standard InChI is InChI=1S/C80H120O10/c1-20-60-51-79(18,58-73(6,7)85-49-35-33-46-71(2,3)77(14,15)87-56-64(54-83-66-41-29-23-30-42-66)75(10,11)89-69(81)61-37-25-21-26-38-61)48-45-68(60)63-52-80(19,53-63)59-74(8,9)86-50-36-34-47-72(4,5)78(16,17)88-57-65(55-84-67-43-31-24-32-44-67)76(12,13)90-70(82)62-39-27-22-28-40-62/h20-32,37-44,60,63-65,68H,1,33-36,45-59H2,2-19H3. The second-order valence-electron chi connectivity index (χ2n) is 32.4. The zero-order valence-corrected chi connectivity index (χ0v) is 59.2. The van der Waals surface area contributed by atoms with Crippen molar-refractivity contribution in [2.24, 2.45) is 51.2 Å². The number of hydrogen-bond acceptors (Lipinski definition) is 10. The number of hydrogen-bond donors (Lipinski definition) is 0. The Balaban J connectivity index is 0.897. The van der Waals surface area contributed by atoms with Crippen LogP contribution in [0.15, 0.2) is 134 Å². The van der Waals surface area contributed by atoms with Gasteiger partial charge in [0.15, 0.2) is 0 Å². The first-order chi connectivity index (χ1) is 42.0. The van der Waals surface area contributed by atoms with E-state index < -0.39 is 22.4 Å². The van der Waals surface area contributed by atoms with Gasteiger partial charge in [-0.25, -0.2) is 9.59 Å². The molecule has 0 N–H and O–H groups in total. The zero-order valence-electron chi connectivity index (χ0n) is 59.2. The molecule has 90 heavy (non-hydrogen) atoms. The molecule has 0 spiro atoms. The van der Waals surface area contributed by atoms with E-state index in [1.54, 1.807) is 24.3 Å². The zero-order chi connectivity index (χ0) is 66.3. The minimum Gasteiger partial charge on any atom is -0.493 e. The van der Waals surface area contributed by atoms with E-state index in [1.165, 1.54) is 32.1 Å². The topological polar surface area (TPSA) is 108 Å². The van der Waals surface area contributed by atoms with Crippen LogP contribution in [0.25, 0.3) is 0 Å². The van der Waals surface area contributed by atoms with Crippen LogP contribution >= 0.6 is 0 Å². The fourth-order valence-corrected chi connectivity index (χ4v) is 14.2. The van der Waals surface area contributed by atoms with Crippen molar-refractivity contribution < 1.29 is 47.5 Å². The Morgan fingerprint density at radius 3 is 1.23 bits per heavy atom. The lowest BCUT2D eigenvalue weighted by Crippen LogP contribution is -2.48. The molecule has 0 aromatic heterocycles. The van der Waals surface area contributed by atoms with Gasteiger partial charge in [0.1, 0.15) is 22.7 Å². The van der Waals surface area contributed by atoms with E-state index >= 15 is 0 Å². The maximum atomic E-state index is 13.3. The fourth-order valence-electron chi connectivity index (χ4n) is 14.2. The summed E-state index contributed by atoms with van der Waals surface area (Å²) in [7, 11) is 0. The summed E-state index contributed by atoms with van der Waals surface area (Å²) in [6.45, 7) is 47.2. The smallest absolute Gasteiger partial charge is 0.338 e. The van der Waals surface area contributed by atoms with Gasteiger partial charge in [0.05, 0.1) is 71.8 Å². The quantitative estimate of drug-likeness (QED) is 0.0245. The molecule has 0 aliphatic heterocycles. The lowest BCUT2D eigenvalue weighted by Gasteiger charge is -2.55. The number of carbonyl (C=O) groups excluding carboxylic acids is 2.